The molecule has 4 aliphatic heterocycles. The second-order valence-electron chi connectivity index (χ2n) is 13.3. The Bertz CT molecular complexity index is 1800. The number of aromatic nitrogens is 1. The number of anilines is 1. The second kappa shape index (κ2) is 11.5. The minimum Gasteiger partial charge on any atom is -0.473 e. The lowest BCUT2D eigenvalue weighted by Gasteiger charge is -2.28. The van der Waals surface area contributed by atoms with Gasteiger partial charge < -0.3 is 34.4 Å². The molecule has 2 aromatic carbocycles. The lowest BCUT2D eigenvalue weighted by atomic mass is 9.72. The first-order valence-corrected chi connectivity index (χ1v) is 16.0. The van der Waals surface area contributed by atoms with Gasteiger partial charge in [0.1, 0.15) is 29.9 Å². The quantitative estimate of drug-likeness (QED) is 0.326. The van der Waals surface area contributed by atoms with Crippen molar-refractivity contribution in [3.63, 3.8) is 0 Å². The number of ether oxygens (including phenoxy) is 3. The number of aliphatic hydroxyl groups is 1. The molecule has 0 saturated heterocycles. The van der Waals surface area contributed by atoms with Gasteiger partial charge in [-0.1, -0.05) is 58.0 Å². The van der Waals surface area contributed by atoms with Gasteiger partial charge >= 0.3 is 5.97 Å². The van der Waals surface area contributed by atoms with Crippen molar-refractivity contribution in [3.8, 4) is 5.75 Å². The van der Waals surface area contributed by atoms with E-state index < -0.39 is 41.7 Å². The van der Waals surface area contributed by atoms with Gasteiger partial charge in [0.05, 0.1) is 7.11 Å². The summed E-state index contributed by atoms with van der Waals surface area (Å²) >= 11 is 0. The van der Waals surface area contributed by atoms with E-state index in [1.165, 1.54) is 7.11 Å². The Morgan fingerprint density at radius 2 is 1.89 bits per heavy atom. The number of benzene rings is 2. The minimum atomic E-state index is -1.18. The van der Waals surface area contributed by atoms with Crippen LogP contribution >= 0.6 is 0 Å². The van der Waals surface area contributed by atoms with Gasteiger partial charge in [-0.05, 0) is 41.5 Å². The summed E-state index contributed by atoms with van der Waals surface area (Å²) in [5.41, 5.74) is 2.59. The summed E-state index contributed by atoms with van der Waals surface area (Å²) in [5.74, 6) is -1.13. The van der Waals surface area contributed by atoms with Crippen LogP contribution in [0, 0.1) is 17.8 Å². The number of esters is 1. The molecule has 7 rings (SSSR count). The summed E-state index contributed by atoms with van der Waals surface area (Å²) in [5, 5.41) is 17.2. The number of hydrogen-bond acceptors (Lipinski definition) is 11. The van der Waals surface area contributed by atoms with Crippen molar-refractivity contribution in [2.75, 3.05) is 19.0 Å². The van der Waals surface area contributed by atoms with E-state index in [0.717, 1.165) is 22.4 Å². The molecule has 3 N–H and O–H groups in total. The highest BCUT2D eigenvalue weighted by molar-refractivity contribution is 5.98. The Morgan fingerprint density at radius 1 is 1.11 bits per heavy atom. The summed E-state index contributed by atoms with van der Waals surface area (Å²) in [4.78, 5) is 49.1. The van der Waals surface area contributed by atoms with Crippen LogP contribution < -0.4 is 15.4 Å². The van der Waals surface area contributed by atoms with E-state index in [4.69, 9.17) is 23.6 Å². The average molecular weight is 643 g/mol. The normalized spacial score (nSPS) is 26.1. The third-order valence-electron chi connectivity index (χ3n) is 9.57. The Balaban J connectivity index is 1.46. The predicted octanol–water partition coefficient (Wildman–Crippen LogP) is 3.43. The summed E-state index contributed by atoms with van der Waals surface area (Å²) < 4.78 is 24.3. The van der Waals surface area contributed by atoms with Crippen molar-refractivity contribution in [1.82, 2.24) is 10.3 Å². The lowest BCUT2D eigenvalue weighted by molar-refractivity contribution is -0.142. The van der Waals surface area contributed by atoms with Gasteiger partial charge in [-0.2, -0.15) is 0 Å². The fraction of sp³-hybridized carbons (Fsp3) is 0.457. The summed E-state index contributed by atoms with van der Waals surface area (Å²) in [6, 6.07) is 12.1. The maximum atomic E-state index is 14.0. The summed E-state index contributed by atoms with van der Waals surface area (Å²) in [7, 11) is 1.30. The Morgan fingerprint density at radius 3 is 2.64 bits per heavy atom. The first-order valence-electron chi connectivity index (χ1n) is 16.0. The first kappa shape index (κ1) is 30.9. The molecule has 0 saturated carbocycles. The molecular weight excluding hydrogens is 604 g/mol. The van der Waals surface area contributed by atoms with E-state index in [0.29, 0.717) is 17.2 Å². The van der Waals surface area contributed by atoms with E-state index in [-0.39, 0.29) is 54.8 Å². The molecule has 3 aromatic rings. The minimum absolute atomic E-state index is 0.0194. The van der Waals surface area contributed by atoms with Crippen LogP contribution in [0.5, 0.6) is 5.75 Å². The highest BCUT2D eigenvalue weighted by Crippen LogP contribution is 2.58. The van der Waals surface area contributed by atoms with Gasteiger partial charge in [0.15, 0.2) is 29.5 Å². The van der Waals surface area contributed by atoms with E-state index in [2.05, 4.69) is 15.6 Å². The Hall–Kier alpha value is -4.71. The molecule has 12 heteroatoms. The largest absolute Gasteiger partial charge is 0.473 e. The van der Waals surface area contributed by atoms with Crippen LogP contribution in [0.15, 0.2) is 51.9 Å². The number of fused-ring (bicyclic) bond motifs is 4. The van der Waals surface area contributed by atoms with Crippen LogP contribution in [0.3, 0.4) is 0 Å². The van der Waals surface area contributed by atoms with Crippen LogP contribution in [-0.2, 0) is 35.7 Å². The summed E-state index contributed by atoms with van der Waals surface area (Å²) in [6.07, 6.45) is -1.69. The van der Waals surface area contributed by atoms with Crippen molar-refractivity contribution in [3.05, 3.63) is 76.5 Å². The maximum Gasteiger partial charge on any atom is 0.334 e. The molecule has 6 atom stereocenters. The monoisotopic (exact) mass is 642 g/mol. The van der Waals surface area contributed by atoms with Gasteiger partial charge in [-0.25, -0.2) is 14.8 Å². The number of aliphatic hydroxyl groups excluding tert-OH is 1. The van der Waals surface area contributed by atoms with Gasteiger partial charge in [-0.3, -0.25) is 9.59 Å². The molecule has 1 aromatic heterocycles. The van der Waals surface area contributed by atoms with Gasteiger partial charge in [0.2, 0.25) is 17.7 Å². The molecule has 0 aliphatic carbocycles. The summed E-state index contributed by atoms with van der Waals surface area (Å²) in [6.45, 7) is 7.39. The number of aliphatic imine (C=N–C) groups is 1. The highest BCUT2D eigenvalue weighted by Gasteiger charge is 2.61. The zero-order chi connectivity index (χ0) is 33.2. The molecule has 12 nitrogen and oxygen atoms in total. The number of rotatable bonds is 7. The number of oxazole rings is 1. The molecule has 4 aliphatic rings. The first-order chi connectivity index (χ1) is 22.5. The Labute approximate surface area is 271 Å². The van der Waals surface area contributed by atoms with Gasteiger partial charge in [-0.15, -0.1) is 0 Å². The number of amides is 1. The standard InChI is InChI=1S/C35H38N4O8/c1-16(2)26-32-39-27(31-36-23(15-45-31)33(43)44-5)29(47-32)35-20-8-6-7-9-22(20)37-34(35)46-25-11-10-18(13-21(25)35)12-19(30(42)38-26)14-24(40)28(41)17(3)4/h6-11,13,16-17,19,23,26,28,34,37,41H,12,14-15H2,1-5H3,(H,38,42)/t19-,23+,26+,28+,34+,35?/m1/s1. The maximum absolute atomic E-state index is 14.0. The second-order valence-corrected chi connectivity index (χ2v) is 13.3. The van der Waals surface area contributed by atoms with Crippen LogP contribution in [0.1, 0.15) is 74.2 Å². The molecule has 0 radical (unpaired) electrons. The predicted molar refractivity (Wildman–Crippen MR) is 169 cm³/mol. The van der Waals surface area contributed by atoms with Crippen LogP contribution in [0.4, 0.5) is 5.69 Å². The Kier molecular flexibility index (Phi) is 7.58. The number of nitrogens with one attached hydrogen (secondary N) is 2. The molecule has 1 spiro atoms. The number of carbonyl (C=O) groups excluding carboxylic acids is 3. The van der Waals surface area contributed by atoms with Crippen LogP contribution in [-0.4, -0.2) is 65.7 Å². The zero-order valence-corrected chi connectivity index (χ0v) is 26.9. The van der Waals surface area contributed by atoms with E-state index >= 15 is 0 Å². The van der Waals surface area contributed by atoms with Crippen LogP contribution in [0.25, 0.3) is 0 Å². The molecule has 47 heavy (non-hydrogen) atoms. The topological polar surface area (TPSA) is 162 Å². The number of ketones is 1. The number of Topliss-reactive ketones (excluding diaryl/α,β-unsaturated/α-hetero) is 1. The van der Waals surface area contributed by atoms with Crippen LogP contribution in [0.2, 0.25) is 0 Å². The van der Waals surface area contributed by atoms with E-state index in [1.807, 2.05) is 56.3 Å². The molecule has 1 amide bonds. The molecule has 4 bridgehead atoms. The highest BCUT2D eigenvalue weighted by atomic mass is 16.5. The third kappa shape index (κ3) is 4.88. The van der Waals surface area contributed by atoms with Gasteiger partial charge in [0, 0.05) is 23.6 Å². The zero-order valence-electron chi connectivity index (χ0n) is 26.9. The van der Waals surface area contributed by atoms with Crippen molar-refractivity contribution in [2.45, 2.75) is 70.4 Å². The molecule has 5 heterocycles. The van der Waals surface area contributed by atoms with Gasteiger partial charge in [0.25, 0.3) is 0 Å². The molecule has 0 fully saturated rings. The molecule has 1 unspecified atom stereocenters. The fourth-order valence-electron chi connectivity index (χ4n) is 7.06. The average Bonchev–Trinajstić information content (AvgIpc) is 3.83. The number of methoxy groups -OCH3 is 1. The van der Waals surface area contributed by atoms with E-state index in [9.17, 15) is 19.5 Å². The number of para-hydroxylation sites is 1. The number of carbonyl (C=O) groups is 3. The molecular formula is C35H38N4O8. The van der Waals surface area contributed by atoms with Crippen molar-refractivity contribution >= 4 is 29.2 Å². The SMILES string of the molecule is COC(=O)[C@@H]1COC(c2nc3oc2C24c5ccccc5N[C@H]2Oc2ccc(cc24)C[C@H](CC(=O)[C@@H](O)C(C)C)C(=O)N[C@H]3C(C)C)=N1. The van der Waals surface area contributed by atoms with Crippen molar-refractivity contribution < 1.29 is 38.1 Å². The number of hydrogen-bond donors (Lipinski definition) is 3. The number of nitrogens with zero attached hydrogens (tertiary/aromatic N) is 2. The van der Waals surface area contributed by atoms with E-state index in [1.54, 1.807) is 13.8 Å². The molecule has 246 valence electrons. The smallest absolute Gasteiger partial charge is 0.334 e. The third-order valence-corrected chi connectivity index (χ3v) is 9.57. The lowest BCUT2D eigenvalue weighted by Crippen LogP contribution is -2.41. The van der Waals surface area contributed by atoms with Crippen molar-refractivity contribution in [1.29, 1.82) is 0 Å². The van der Waals surface area contributed by atoms with Crippen molar-refractivity contribution in [2.24, 2.45) is 22.7 Å². The fourth-order valence-corrected chi connectivity index (χ4v) is 7.06.